The van der Waals surface area contributed by atoms with Crippen molar-refractivity contribution in [2.24, 2.45) is 11.7 Å². The monoisotopic (exact) mass is 359 g/mol. The predicted octanol–water partition coefficient (Wildman–Crippen LogP) is 3.40. The first-order valence-electron chi connectivity index (χ1n) is 6.71. The molecule has 0 radical (unpaired) electrons. The molecule has 3 N–H and O–H groups in total. The van der Waals surface area contributed by atoms with Crippen molar-refractivity contribution < 1.29 is 4.79 Å². The van der Waals surface area contributed by atoms with Crippen molar-refractivity contribution in [3.8, 4) is 11.3 Å². The molecule has 0 spiro atoms. The maximum atomic E-state index is 11.7. The fraction of sp³-hybridized carbons (Fsp3) is 0.333. The van der Waals surface area contributed by atoms with Crippen LogP contribution in [0.5, 0.6) is 0 Å². The lowest BCUT2D eigenvalue weighted by Crippen LogP contribution is -2.32. The highest BCUT2D eigenvalue weighted by molar-refractivity contribution is 7.12. The summed E-state index contributed by atoms with van der Waals surface area (Å²) in [5.41, 5.74) is 7.44. The number of aryl methyl sites for hydroxylation is 1. The van der Waals surface area contributed by atoms with E-state index in [1.54, 1.807) is 11.3 Å². The van der Waals surface area contributed by atoms with Crippen molar-refractivity contribution in [1.82, 2.24) is 10.3 Å². The number of nitrogens with two attached hydrogens (primary N) is 1. The maximum Gasteiger partial charge on any atom is 0.224 e. The molecule has 22 heavy (non-hydrogen) atoms. The number of benzene rings is 1. The third-order valence-electron chi connectivity index (χ3n) is 3.17. The Kier molecular flexibility index (Phi) is 7.29. The highest BCUT2D eigenvalue weighted by atomic mass is 35.5. The molecule has 1 heterocycles. The number of amides is 1. The molecule has 0 aliphatic carbocycles. The van der Waals surface area contributed by atoms with Crippen LogP contribution in [0.1, 0.15) is 16.8 Å². The van der Waals surface area contributed by atoms with Gasteiger partial charge in [0, 0.05) is 27.9 Å². The fourth-order valence-corrected chi connectivity index (χ4v) is 2.87. The summed E-state index contributed by atoms with van der Waals surface area (Å²) in [4.78, 5) is 17.4. The molecule has 7 heteroatoms. The number of hydrogen-bond acceptors (Lipinski definition) is 4. The zero-order valence-corrected chi connectivity index (χ0v) is 14.8. The minimum atomic E-state index is -0.179. The number of hydrogen-bond donors (Lipinski definition) is 2. The molecule has 0 fully saturated rings. The zero-order chi connectivity index (χ0) is 15.4. The molecule has 0 bridgehead atoms. The summed E-state index contributed by atoms with van der Waals surface area (Å²) in [6, 6.07) is 7.59. The standard InChI is InChI=1S/C15H18ClN3OS.ClH/c1-9(7-17)15(20)18-8-13-19-14(10(2)21-13)11-3-5-12(16)6-4-11;/h3-6,9H,7-8,17H2,1-2H3,(H,18,20);1H. The van der Waals surface area contributed by atoms with E-state index in [2.05, 4.69) is 10.3 Å². The summed E-state index contributed by atoms with van der Waals surface area (Å²) < 4.78 is 0. The number of halogens is 2. The van der Waals surface area contributed by atoms with Crippen molar-refractivity contribution >= 4 is 41.3 Å². The number of thiazole rings is 1. The van der Waals surface area contributed by atoms with Gasteiger partial charge >= 0.3 is 0 Å². The topological polar surface area (TPSA) is 68.0 Å². The van der Waals surface area contributed by atoms with Crippen LogP contribution in [0.25, 0.3) is 11.3 Å². The molecule has 1 aromatic heterocycles. The van der Waals surface area contributed by atoms with Gasteiger partial charge in [0.15, 0.2) is 0 Å². The number of carbonyl (C=O) groups is 1. The number of carbonyl (C=O) groups excluding carboxylic acids is 1. The van der Waals surface area contributed by atoms with Crippen LogP contribution in [0.15, 0.2) is 24.3 Å². The van der Waals surface area contributed by atoms with E-state index >= 15 is 0 Å². The van der Waals surface area contributed by atoms with E-state index in [9.17, 15) is 4.79 Å². The second-order valence-electron chi connectivity index (χ2n) is 4.87. The Morgan fingerprint density at radius 2 is 2.05 bits per heavy atom. The summed E-state index contributed by atoms with van der Waals surface area (Å²) in [6.07, 6.45) is 0. The van der Waals surface area contributed by atoms with Gasteiger partial charge in [0.25, 0.3) is 0 Å². The van der Waals surface area contributed by atoms with Crippen molar-refractivity contribution in [2.45, 2.75) is 20.4 Å². The molecule has 120 valence electrons. The normalized spacial score (nSPS) is 11.6. The van der Waals surface area contributed by atoms with E-state index in [1.165, 1.54) is 0 Å². The molecular formula is C15H19Cl2N3OS. The molecule has 2 rings (SSSR count). The molecule has 1 aromatic carbocycles. The highest BCUT2D eigenvalue weighted by Crippen LogP contribution is 2.28. The Hall–Kier alpha value is -1.14. The van der Waals surface area contributed by atoms with Crippen molar-refractivity contribution in [3.63, 3.8) is 0 Å². The van der Waals surface area contributed by atoms with Crippen LogP contribution in [0.3, 0.4) is 0 Å². The van der Waals surface area contributed by atoms with Crippen LogP contribution >= 0.6 is 35.3 Å². The van der Waals surface area contributed by atoms with Crippen LogP contribution in [-0.2, 0) is 11.3 Å². The molecule has 0 aliphatic rings. The number of aromatic nitrogens is 1. The van der Waals surface area contributed by atoms with E-state index in [4.69, 9.17) is 17.3 Å². The van der Waals surface area contributed by atoms with E-state index in [1.807, 2.05) is 38.1 Å². The first-order valence-corrected chi connectivity index (χ1v) is 7.90. The van der Waals surface area contributed by atoms with Gasteiger partial charge in [-0.1, -0.05) is 30.7 Å². The van der Waals surface area contributed by atoms with Gasteiger partial charge in [0.2, 0.25) is 5.91 Å². The average molecular weight is 360 g/mol. The van der Waals surface area contributed by atoms with Gasteiger partial charge in [-0.2, -0.15) is 0 Å². The second-order valence-corrected chi connectivity index (χ2v) is 6.60. The van der Waals surface area contributed by atoms with Gasteiger partial charge in [0.05, 0.1) is 12.2 Å². The summed E-state index contributed by atoms with van der Waals surface area (Å²) in [5, 5.41) is 4.45. The summed E-state index contributed by atoms with van der Waals surface area (Å²) in [6.45, 7) is 4.61. The third-order valence-corrected chi connectivity index (χ3v) is 4.40. The molecule has 1 unspecified atom stereocenters. The van der Waals surface area contributed by atoms with Crippen LogP contribution in [-0.4, -0.2) is 17.4 Å². The summed E-state index contributed by atoms with van der Waals surface area (Å²) in [7, 11) is 0. The van der Waals surface area contributed by atoms with Crippen LogP contribution in [0, 0.1) is 12.8 Å². The van der Waals surface area contributed by atoms with Crippen LogP contribution in [0.4, 0.5) is 0 Å². The maximum absolute atomic E-state index is 11.7. The quantitative estimate of drug-likeness (QED) is 0.859. The second kappa shape index (κ2) is 8.48. The largest absolute Gasteiger partial charge is 0.349 e. The molecule has 0 saturated carbocycles. The minimum absolute atomic E-state index is 0. The van der Waals surface area contributed by atoms with E-state index < -0.39 is 0 Å². The molecule has 0 aliphatic heterocycles. The van der Waals surface area contributed by atoms with Crippen LogP contribution < -0.4 is 11.1 Å². The summed E-state index contributed by atoms with van der Waals surface area (Å²) in [5.74, 6) is -0.222. The Morgan fingerprint density at radius 3 is 2.64 bits per heavy atom. The lowest BCUT2D eigenvalue weighted by Gasteiger charge is -2.07. The number of nitrogens with zero attached hydrogens (tertiary/aromatic N) is 1. The molecule has 1 atom stereocenters. The zero-order valence-electron chi connectivity index (χ0n) is 12.4. The highest BCUT2D eigenvalue weighted by Gasteiger charge is 2.13. The van der Waals surface area contributed by atoms with E-state index in [-0.39, 0.29) is 24.2 Å². The molecular weight excluding hydrogens is 341 g/mol. The van der Waals surface area contributed by atoms with Gasteiger partial charge in [-0.05, 0) is 19.1 Å². The van der Waals surface area contributed by atoms with Gasteiger partial charge in [0.1, 0.15) is 5.01 Å². The van der Waals surface area contributed by atoms with Gasteiger partial charge in [-0.3, -0.25) is 4.79 Å². The minimum Gasteiger partial charge on any atom is -0.349 e. The fourth-order valence-electron chi connectivity index (χ4n) is 1.85. The molecule has 0 saturated heterocycles. The molecule has 2 aromatic rings. The van der Waals surface area contributed by atoms with Crippen molar-refractivity contribution in [1.29, 1.82) is 0 Å². The lowest BCUT2D eigenvalue weighted by molar-refractivity contribution is -0.124. The van der Waals surface area contributed by atoms with Crippen molar-refractivity contribution in [3.05, 3.63) is 39.2 Å². The van der Waals surface area contributed by atoms with Crippen LogP contribution in [0.2, 0.25) is 5.02 Å². The lowest BCUT2D eigenvalue weighted by atomic mass is 10.1. The third kappa shape index (κ3) is 4.68. The van der Waals surface area contributed by atoms with Gasteiger partial charge in [-0.25, -0.2) is 4.98 Å². The van der Waals surface area contributed by atoms with Gasteiger partial charge in [-0.15, -0.1) is 23.7 Å². The first kappa shape index (κ1) is 18.9. The number of rotatable bonds is 5. The molecule has 4 nitrogen and oxygen atoms in total. The predicted molar refractivity (Wildman–Crippen MR) is 94.6 cm³/mol. The Bertz CT molecular complexity index is 628. The summed E-state index contributed by atoms with van der Waals surface area (Å²) >= 11 is 7.48. The first-order chi connectivity index (χ1) is 10.0. The Balaban J connectivity index is 0.00000242. The van der Waals surface area contributed by atoms with Crippen molar-refractivity contribution in [2.75, 3.05) is 6.54 Å². The number of nitrogens with one attached hydrogen (secondary N) is 1. The van der Waals surface area contributed by atoms with E-state index in [0.29, 0.717) is 18.1 Å². The molecule has 1 amide bonds. The van der Waals surface area contributed by atoms with Gasteiger partial charge < -0.3 is 11.1 Å². The Morgan fingerprint density at radius 1 is 1.41 bits per heavy atom. The smallest absolute Gasteiger partial charge is 0.224 e. The van der Waals surface area contributed by atoms with E-state index in [0.717, 1.165) is 21.1 Å². The average Bonchev–Trinajstić information content (AvgIpc) is 2.85. The Labute approximate surface area is 145 Å². The SMILES string of the molecule is Cc1sc(CNC(=O)C(C)CN)nc1-c1ccc(Cl)cc1.Cl.